The highest BCUT2D eigenvalue weighted by Gasteiger charge is 2.33. The number of H-pyrrole nitrogens is 1. The lowest BCUT2D eigenvalue weighted by Gasteiger charge is -2.32. The number of halogens is 5. The number of aromatic nitrogens is 2. The Labute approximate surface area is 228 Å². The normalized spacial score (nSPS) is 14.5. The average Bonchev–Trinajstić information content (AvgIpc) is 3.40. The number of rotatable bonds is 7. The highest BCUT2D eigenvalue weighted by atomic mass is 35.5. The molecule has 7 nitrogen and oxygen atoms in total. The lowest BCUT2D eigenvalue weighted by atomic mass is 10.1. The molecule has 1 amide bonds. The molecule has 0 atom stereocenters. The first-order valence-electron chi connectivity index (χ1n) is 12.2. The number of alkyl halides is 3. The zero-order valence-corrected chi connectivity index (χ0v) is 21.8. The molecule has 4 rings (SSSR count). The molecular weight excluding hydrogens is 538 g/mol. The summed E-state index contributed by atoms with van der Waals surface area (Å²) in [5.74, 6) is 4.00. The van der Waals surface area contributed by atoms with Gasteiger partial charge in [-0.25, -0.2) is 9.37 Å². The fourth-order valence-electron chi connectivity index (χ4n) is 3.91. The highest BCUT2D eigenvalue weighted by molar-refractivity contribution is 6.30. The number of nitrogens with zero attached hydrogens (tertiary/aromatic N) is 3. The third-order valence-electron chi connectivity index (χ3n) is 6.09. The molecule has 39 heavy (non-hydrogen) atoms. The summed E-state index contributed by atoms with van der Waals surface area (Å²) in [6.07, 6.45) is -3.12. The van der Waals surface area contributed by atoms with Crippen LogP contribution in [-0.2, 0) is 11.0 Å². The standard InChI is InChI=1S/C27H26ClF4N5O2/c1-36-10-12-37(13-11-36)9-2-14-39-23-7-5-19(26-33-17-24(35-26)27(30,31)32)16-22(23)34-25(38)8-4-18-3-6-21(29)20(28)15-18/h3,5-7,15-17H,2,9-14H2,1H3,(H,33,35)(H,34,38). The van der Waals surface area contributed by atoms with Gasteiger partial charge < -0.3 is 24.8 Å². The number of carbonyl (C=O) groups is 1. The SMILES string of the molecule is CN1CCN(CCCOc2ccc(-c3ncc(C(F)(F)F)[nH]3)cc2NC(=O)C#Cc2ccc(F)c(Cl)c2)CC1. The van der Waals surface area contributed by atoms with Crippen molar-refractivity contribution in [2.45, 2.75) is 12.6 Å². The number of nitrogens with one attached hydrogen (secondary N) is 2. The van der Waals surface area contributed by atoms with Crippen LogP contribution >= 0.6 is 11.6 Å². The summed E-state index contributed by atoms with van der Waals surface area (Å²) in [6.45, 7) is 5.19. The molecule has 12 heteroatoms. The fourth-order valence-corrected chi connectivity index (χ4v) is 4.09. The second kappa shape index (κ2) is 12.5. The molecule has 0 bridgehead atoms. The summed E-state index contributed by atoms with van der Waals surface area (Å²) in [7, 11) is 2.09. The Bertz CT molecular complexity index is 1370. The summed E-state index contributed by atoms with van der Waals surface area (Å²) < 4.78 is 58.4. The van der Waals surface area contributed by atoms with Gasteiger partial charge in [0.15, 0.2) is 0 Å². The summed E-state index contributed by atoms with van der Waals surface area (Å²) in [5.41, 5.74) is -0.130. The number of ether oxygens (including phenoxy) is 1. The van der Waals surface area contributed by atoms with Gasteiger partial charge in [0, 0.05) is 49.8 Å². The van der Waals surface area contributed by atoms with E-state index < -0.39 is 23.6 Å². The summed E-state index contributed by atoms with van der Waals surface area (Å²) >= 11 is 5.76. The van der Waals surface area contributed by atoms with Crippen molar-refractivity contribution in [2.24, 2.45) is 0 Å². The van der Waals surface area contributed by atoms with Crippen LogP contribution in [0.2, 0.25) is 5.02 Å². The first kappa shape index (κ1) is 28.4. The maximum absolute atomic E-state index is 13.4. The van der Waals surface area contributed by atoms with Crippen molar-refractivity contribution in [1.29, 1.82) is 0 Å². The lowest BCUT2D eigenvalue weighted by Crippen LogP contribution is -2.44. The van der Waals surface area contributed by atoms with Crippen molar-refractivity contribution in [3.63, 3.8) is 0 Å². The Kier molecular flexibility index (Phi) is 9.12. The van der Waals surface area contributed by atoms with Crippen molar-refractivity contribution in [3.8, 4) is 29.0 Å². The molecule has 0 unspecified atom stereocenters. The summed E-state index contributed by atoms with van der Waals surface area (Å²) in [4.78, 5) is 23.3. The molecule has 0 aliphatic carbocycles. The minimum Gasteiger partial charge on any atom is -0.491 e. The predicted molar refractivity (Wildman–Crippen MR) is 140 cm³/mol. The van der Waals surface area contributed by atoms with Gasteiger partial charge in [-0.1, -0.05) is 17.5 Å². The van der Waals surface area contributed by atoms with Crippen LogP contribution in [-0.4, -0.2) is 72.1 Å². The molecule has 2 N–H and O–H groups in total. The smallest absolute Gasteiger partial charge is 0.432 e. The van der Waals surface area contributed by atoms with Crippen molar-refractivity contribution < 1.29 is 27.1 Å². The van der Waals surface area contributed by atoms with Crippen LogP contribution in [0, 0.1) is 17.7 Å². The molecule has 1 saturated heterocycles. The number of hydrogen-bond donors (Lipinski definition) is 2. The van der Waals surface area contributed by atoms with Gasteiger partial charge in [-0.2, -0.15) is 13.2 Å². The van der Waals surface area contributed by atoms with Gasteiger partial charge in [-0.3, -0.25) is 4.79 Å². The quantitative estimate of drug-likeness (QED) is 0.243. The van der Waals surface area contributed by atoms with E-state index in [-0.39, 0.29) is 16.5 Å². The lowest BCUT2D eigenvalue weighted by molar-refractivity contribution is -0.140. The molecule has 3 aromatic rings. The molecule has 1 aliphatic rings. The van der Waals surface area contributed by atoms with Crippen LogP contribution in [0.15, 0.2) is 42.6 Å². The number of carbonyl (C=O) groups excluding carboxylic acids is 1. The Hall–Kier alpha value is -3.59. The van der Waals surface area contributed by atoms with Gasteiger partial charge in [0.25, 0.3) is 0 Å². The summed E-state index contributed by atoms with van der Waals surface area (Å²) in [5, 5.41) is 2.50. The van der Waals surface area contributed by atoms with E-state index in [1.165, 1.54) is 18.2 Å². The minimum atomic E-state index is -4.58. The number of amides is 1. The number of likely N-dealkylation sites (N-methyl/N-ethyl adjacent to an activating group) is 1. The van der Waals surface area contributed by atoms with E-state index >= 15 is 0 Å². The zero-order chi connectivity index (χ0) is 28.0. The van der Waals surface area contributed by atoms with Gasteiger partial charge in [0.1, 0.15) is 23.1 Å². The van der Waals surface area contributed by atoms with Gasteiger partial charge in [0.05, 0.1) is 23.5 Å². The highest BCUT2D eigenvalue weighted by Crippen LogP contribution is 2.33. The third kappa shape index (κ3) is 7.95. The average molecular weight is 564 g/mol. The third-order valence-corrected chi connectivity index (χ3v) is 6.38. The van der Waals surface area contributed by atoms with Crippen molar-refractivity contribution >= 4 is 23.2 Å². The van der Waals surface area contributed by atoms with Crippen LogP contribution < -0.4 is 10.1 Å². The van der Waals surface area contributed by atoms with Crippen LogP contribution in [0.5, 0.6) is 5.75 Å². The van der Waals surface area contributed by atoms with Crippen molar-refractivity contribution in [3.05, 3.63) is 64.7 Å². The number of anilines is 1. The second-order valence-corrected chi connectivity index (χ2v) is 9.44. The van der Waals surface area contributed by atoms with Gasteiger partial charge in [-0.05, 0) is 49.9 Å². The van der Waals surface area contributed by atoms with Crippen LogP contribution in [0.3, 0.4) is 0 Å². The molecule has 1 aliphatic heterocycles. The molecule has 1 aromatic heterocycles. The zero-order valence-electron chi connectivity index (χ0n) is 21.0. The first-order valence-corrected chi connectivity index (χ1v) is 12.5. The minimum absolute atomic E-state index is 0.0218. The van der Waals surface area contributed by atoms with E-state index in [0.717, 1.165) is 45.2 Å². The molecule has 2 aromatic carbocycles. The number of piperazine rings is 1. The molecule has 0 saturated carbocycles. The monoisotopic (exact) mass is 563 g/mol. The fraction of sp³-hybridized carbons (Fsp3) is 0.333. The first-order chi connectivity index (χ1) is 18.6. The maximum Gasteiger partial charge on any atom is 0.432 e. The number of benzene rings is 2. The number of aromatic amines is 1. The Morgan fingerprint density at radius 1 is 1.18 bits per heavy atom. The van der Waals surface area contributed by atoms with Crippen molar-refractivity contribution in [1.82, 2.24) is 19.8 Å². The van der Waals surface area contributed by atoms with Crippen LogP contribution in [0.1, 0.15) is 17.7 Å². The van der Waals surface area contributed by atoms with Crippen LogP contribution in [0.25, 0.3) is 11.4 Å². The van der Waals surface area contributed by atoms with E-state index in [9.17, 15) is 22.4 Å². The van der Waals surface area contributed by atoms with Gasteiger partial charge in [0.2, 0.25) is 0 Å². The largest absolute Gasteiger partial charge is 0.491 e. The number of hydrogen-bond acceptors (Lipinski definition) is 5. The summed E-state index contributed by atoms with van der Waals surface area (Å²) in [6, 6.07) is 8.39. The molecular formula is C27H26ClF4N5O2. The van der Waals surface area contributed by atoms with Crippen LogP contribution in [0.4, 0.5) is 23.2 Å². The van der Waals surface area contributed by atoms with E-state index in [0.29, 0.717) is 29.7 Å². The van der Waals surface area contributed by atoms with E-state index in [4.69, 9.17) is 16.3 Å². The van der Waals surface area contributed by atoms with E-state index in [2.05, 4.69) is 44.0 Å². The molecule has 0 radical (unpaired) electrons. The topological polar surface area (TPSA) is 73.5 Å². The Morgan fingerprint density at radius 3 is 2.64 bits per heavy atom. The molecule has 206 valence electrons. The number of imidazole rings is 1. The predicted octanol–water partition coefficient (Wildman–Crippen LogP) is 4.89. The van der Waals surface area contributed by atoms with Crippen molar-refractivity contribution in [2.75, 3.05) is 51.7 Å². The van der Waals surface area contributed by atoms with Gasteiger partial charge >= 0.3 is 12.1 Å². The second-order valence-electron chi connectivity index (χ2n) is 9.03. The molecule has 0 spiro atoms. The Morgan fingerprint density at radius 2 is 1.95 bits per heavy atom. The molecule has 1 fully saturated rings. The van der Waals surface area contributed by atoms with E-state index in [1.54, 1.807) is 12.1 Å². The Balaban J connectivity index is 1.49. The van der Waals surface area contributed by atoms with E-state index in [1.807, 2.05) is 0 Å². The maximum atomic E-state index is 13.4. The van der Waals surface area contributed by atoms with Gasteiger partial charge in [-0.15, -0.1) is 0 Å². The molecule has 2 heterocycles.